The highest BCUT2D eigenvalue weighted by molar-refractivity contribution is 7.81. The van der Waals surface area contributed by atoms with Crippen LogP contribution in [0.2, 0.25) is 0 Å². The van der Waals surface area contributed by atoms with Crippen LogP contribution in [0, 0.1) is 6.92 Å². The topological polar surface area (TPSA) is 176 Å². The summed E-state index contributed by atoms with van der Waals surface area (Å²) >= 11 is 0. The predicted octanol–water partition coefficient (Wildman–Crippen LogP) is 3.59. The second-order valence-corrected chi connectivity index (χ2v) is 9.87. The lowest BCUT2D eigenvalue weighted by atomic mass is 10.1. The Hall–Kier alpha value is -4.11. The molecule has 1 aromatic heterocycles. The molecule has 0 fully saturated rings. The molecule has 38 heavy (non-hydrogen) atoms. The van der Waals surface area contributed by atoms with Gasteiger partial charge in [-0.15, -0.1) is 0 Å². The Bertz CT molecular complexity index is 1720. The summed E-state index contributed by atoms with van der Waals surface area (Å²) in [6.45, 7) is 1.99. The van der Waals surface area contributed by atoms with E-state index in [0.29, 0.717) is 11.3 Å². The zero-order valence-corrected chi connectivity index (χ0v) is 21.2. The number of fused-ring (bicyclic) bond motifs is 1. The second kappa shape index (κ2) is 10.7. The van der Waals surface area contributed by atoms with Crippen molar-refractivity contribution >= 4 is 31.8 Å². The molecule has 200 valence electrons. The average Bonchev–Trinajstić information content (AvgIpc) is 2.81. The highest BCUT2D eigenvalue weighted by Gasteiger charge is 2.18. The first-order chi connectivity index (χ1) is 17.9. The maximum absolute atomic E-state index is 13.0. The Morgan fingerprint density at radius 2 is 1.32 bits per heavy atom. The normalized spacial score (nSPS) is 11.8. The lowest BCUT2D eigenvalue weighted by molar-refractivity contribution is 0.218. The van der Waals surface area contributed by atoms with Crippen LogP contribution in [-0.2, 0) is 20.8 Å². The highest BCUT2D eigenvalue weighted by Crippen LogP contribution is 2.33. The van der Waals surface area contributed by atoms with Crippen molar-refractivity contribution in [2.24, 2.45) is 0 Å². The van der Waals surface area contributed by atoms with E-state index >= 15 is 0 Å². The molecule has 0 unspecified atom stereocenters. The number of hydrogen-bond acceptors (Lipinski definition) is 10. The zero-order chi connectivity index (χ0) is 27.5. The fourth-order valence-electron chi connectivity index (χ4n) is 3.40. The van der Waals surface area contributed by atoms with Gasteiger partial charge in [-0.25, -0.2) is 0 Å². The molecule has 4 rings (SSSR count). The number of ether oxygens (including phenoxy) is 2. The van der Waals surface area contributed by atoms with Gasteiger partial charge in [0, 0.05) is 23.8 Å². The van der Waals surface area contributed by atoms with Gasteiger partial charge >= 0.3 is 20.8 Å². The highest BCUT2D eigenvalue weighted by atomic mass is 32.3. The van der Waals surface area contributed by atoms with Crippen molar-refractivity contribution in [3.8, 4) is 34.3 Å². The molecule has 4 aromatic rings. The smallest absolute Gasteiger partial charge is 0.446 e. The van der Waals surface area contributed by atoms with Gasteiger partial charge in [0.05, 0.1) is 0 Å². The monoisotopic (exact) mass is 564 g/mol. The number of rotatable bonds is 10. The Balaban J connectivity index is 1.65. The predicted molar refractivity (Wildman–Crippen MR) is 134 cm³/mol. The summed E-state index contributed by atoms with van der Waals surface area (Å²) in [5, 5.41) is -0.0295. The molecular formula is C24H20O12S2. The van der Waals surface area contributed by atoms with Crippen molar-refractivity contribution in [3.63, 3.8) is 0 Å². The summed E-state index contributed by atoms with van der Waals surface area (Å²) in [5.41, 5.74) is 0.708. The van der Waals surface area contributed by atoms with Crippen molar-refractivity contribution in [2.75, 3.05) is 13.2 Å². The summed E-state index contributed by atoms with van der Waals surface area (Å²) in [7, 11) is -9.62. The van der Waals surface area contributed by atoms with Crippen LogP contribution in [0.4, 0.5) is 0 Å². The van der Waals surface area contributed by atoms with Crippen LogP contribution in [0.25, 0.3) is 22.3 Å². The van der Waals surface area contributed by atoms with Crippen molar-refractivity contribution in [3.05, 3.63) is 82.5 Å². The van der Waals surface area contributed by atoms with E-state index in [1.807, 2.05) is 19.1 Å². The summed E-state index contributed by atoms with van der Waals surface area (Å²) in [5.74, 6) is -0.0208. The molecule has 12 nitrogen and oxygen atoms in total. The minimum atomic E-state index is -4.90. The first kappa shape index (κ1) is 26.9. The maximum atomic E-state index is 13.0. The summed E-state index contributed by atoms with van der Waals surface area (Å²) in [4.78, 5) is 13.0. The molecule has 0 bridgehead atoms. The number of hydrogen-bond donors (Lipinski definition) is 2. The molecule has 1 heterocycles. The van der Waals surface area contributed by atoms with Crippen molar-refractivity contribution < 1.29 is 48.2 Å². The van der Waals surface area contributed by atoms with E-state index in [9.17, 15) is 21.6 Å². The minimum Gasteiger partial charge on any atom is -0.490 e. The minimum absolute atomic E-state index is 0.0264. The maximum Gasteiger partial charge on any atom is 0.446 e. The lowest BCUT2D eigenvalue weighted by Crippen LogP contribution is -2.12. The molecular weight excluding hydrogens is 544 g/mol. The molecule has 0 saturated carbocycles. The van der Waals surface area contributed by atoms with Crippen molar-refractivity contribution in [2.45, 2.75) is 6.92 Å². The van der Waals surface area contributed by atoms with Gasteiger partial charge in [0.2, 0.25) is 0 Å². The van der Waals surface area contributed by atoms with Crippen LogP contribution in [0.15, 0.2) is 75.9 Å². The van der Waals surface area contributed by atoms with E-state index < -0.39 is 26.2 Å². The molecule has 0 saturated heterocycles. The first-order valence-electron chi connectivity index (χ1n) is 10.7. The Morgan fingerprint density at radius 1 is 0.737 bits per heavy atom. The first-order valence-corrected chi connectivity index (χ1v) is 13.5. The molecule has 0 aliphatic rings. The number of benzene rings is 3. The van der Waals surface area contributed by atoms with Crippen LogP contribution < -0.4 is 23.3 Å². The summed E-state index contributed by atoms with van der Waals surface area (Å²) < 4.78 is 88.1. The molecule has 14 heteroatoms. The van der Waals surface area contributed by atoms with Gasteiger partial charge in [-0.3, -0.25) is 13.9 Å². The van der Waals surface area contributed by atoms with Gasteiger partial charge in [-0.1, -0.05) is 17.7 Å². The Morgan fingerprint density at radius 3 is 1.95 bits per heavy atom. The molecule has 3 aromatic carbocycles. The van der Waals surface area contributed by atoms with Crippen LogP contribution in [0.5, 0.6) is 23.0 Å². The van der Waals surface area contributed by atoms with Crippen molar-refractivity contribution in [1.29, 1.82) is 0 Å². The molecule has 0 spiro atoms. The van der Waals surface area contributed by atoms with Crippen molar-refractivity contribution in [1.82, 2.24) is 0 Å². The fraction of sp³-hybridized carbons (Fsp3) is 0.125. The molecule has 0 aliphatic heterocycles. The third-order valence-corrected chi connectivity index (χ3v) is 5.75. The molecule has 0 atom stereocenters. The zero-order valence-electron chi connectivity index (χ0n) is 19.6. The van der Waals surface area contributed by atoms with Crippen LogP contribution in [-0.4, -0.2) is 39.2 Å². The van der Waals surface area contributed by atoms with Gasteiger partial charge in [0.1, 0.15) is 47.2 Å². The van der Waals surface area contributed by atoms with Gasteiger partial charge in [-0.05, 0) is 43.3 Å². The Kier molecular flexibility index (Phi) is 7.59. The van der Waals surface area contributed by atoms with E-state index in [1.54, 1.807) is 12.1 Å². The SMILES string of the molecule is Cc1ccc(OCCOc2cc(OS(=O)(=O)O)cc3oc(-c4ccc(OS(=O)(=O)O)cc4)cc(=O)c23)cc1. The summed E-state index contributed by atoms with van der Waals surface area (Å²) in [6.07, 6.45) is 0. The molecule has 0 radical (unpaired) electrons. The quantitative estimate of drug-likeness (QED) is 0.212. The largest absolute Gasteiger partial charge is 0.490 e. The molecule has 0 amide bonds. The Labute approximate surface area is 216 Å². The third kappa shape index (κ3) is 7.23. The lowest BCUT2D eigenvalue weighted by Gasteiger charge is -2.12. The second-order valence-electron chi connectivity index (χ2n) is 7.83. The van der Waals surface area contributed by atoms with E-state index in [0.717, 1.165) is 23.8 Å². The van der Waals surface area contributed by atoms with Gasteiger partial charge < -0.3 is 22.3 Å². The van der Waals surface area contributed by atoms with Crippen LogP contribution in [0.3, 0.4) is 0 Å². The standard InChI is InChI=1S/C24H20O12S2/c1-15-2-6-17(7-3-15)32-10-11-33-22-12-19(36-38(29,30)31)13-23-24(22)20(25)14-21(34-23)16-4-8-18(9-5-16)35-37(26,27)28/h2-9,12-14H,10-11H2,1H3,(H,26,27,28)(H,29,30,31). The van der Waals surface area contributed by atoms with E-state index in [4.69, 9.17) is 23.0 Å². The fourth-order valence-corrected chi connectivity index (χ4v) is 4.09. The van der Waals surface area contributed by atoms with Gasteiger partial charge in [0.15, 0.2) is 11.2 Å². The van der Waals surface area contributed by atoms with Crippen LogP contribution >= 0.6 is 0 Å². The third-order valence-electron chi connectivity index (χ3n) is 4.94. The average molecular weight is 565 g/mol. The molecule has 0 aliphatic carbocycles. The van der Waals surface area contributed by atoms with Crippen LogP contribution in [0.1, 0.15) is 5.56 Å². The van der Waals surface area contributed by atoms with Gasteiger partial charge in [-0.2, -0.15) is 16.8 Å². The summed E-state index contributed by atoms with van der Waals surface area (Å²) in [6, 6.07) is 15.8. The van der Waals surface area contributed by atoms with Gasteiger partial charge in [0.25, 0.3) is 0 Å². The van der Waals surface area contributed by atoms with E-state index in [1.165, 1.54) is 24.3 Å². The van der Waals surface area contributed by atoms with E-state index in [2.05, 4.69) is 8.37 Å². The van der Waals surface area contributed by atoms with E-state index in [-0.39, 0.29) is 47.2 Å². The number of aryl methyl sites for hydroxylation is 1. The molecule has 2 N–H and O–H groups in total.